The van der Waals surface area contributed by atoms with E-state index in [1.54, 1.807) is 0 Å². The summed E-state index contributed by atoms with van der Waals surface area (Å²) < 4.78 is 0. The molecule has 0 aromatic carbocycles. The van der Waals surface area contributed by atoms with Crippen LogP contribution in [0.15, 0.2) is 0 Å². The summed E-state index contributed by atoms with van der Waals surface area (Å²) in [5, 5.41) is 3.28. The van der Waals surface area contributed by atoms with Gasteiger partial charge in [-0.15, -0.1) is 0 Å². The molecule has 4 rings (SSSR count). The standard InChI is InChI=1S/C31H54OS4/c32-31(25(21-33-27-13-5-1-6-14-27)22-34-28-15-7-2-8-16-28)26(23-35-29-17-9-3-10-18-29)24-36-30-19-11-4-12-20-30/h25-30H,1-24H2. The van der Waals surface area contributed by atoms with Gasteiger partial charge in [0.05, 0.1) is 0 Å². The molecule has 0 saturated heterocycles. The Morgan fingerprint density at radius 3 is 0.861 bits per heavy atom. The lowest BCUT2D eigenvalue weighted by atomic mass is 9.98. The number of rotatable bonds is 14. The van der Waals surface area contributed by atoms with Crippen LogP contribution in [0.5, 0.6) is 0 Å². The molecule has 36 heavy (non-hydrogen) atoms. The molecule has 5 heteroatoms. The maximum atomic E-state index is 14.3. The van der Waals surface area contributed by atoms with Crippen molar-refractivity contribution in [2.75, 3.05) is 23.0 Å². The van der Waals surface area contributed by atoms with Crippen LogP contribution in [0.3, 0.4) is 0 Å². The van der Waals surface area contributed by atoms with Gasteiger partial charge in [0.2, 0.25) is 0 Å². The van der Waals surface area contributed by atoms with Gasteiger partial charge in [0.25, 0.3) is 0 Å². The van der Waals surface area contributed by atoms with Crippen molar-refractivity contribution < 1.29 is 4.79 Å². The van der Waals surface area contributed by atoms with Crippen molar-refractivity contribution in [1.29, 1.82) is 0 Å². The molecule has 4 aliphatic rings. The SMILES string of the molecule is O=C(C(CSC1CCCCC1)CSC1CCCCC1)C(CSC1CCCCC1)CSC1CCCCC1. The monoisotopic (exact) mass is 570 g/mol. The highest BCUT2D eigenvalue weighted by Gasteiger charge is 2.31. The van der Waals surface area contributed by atoms with Crippen molar-refractivity contribution in [3.05, 3.63) is 0 Å². The van der Waals surface area contributed by atoms with Gasteiger partial charge in [-0.1, -0.05) is 77.0 Å². The van der Waals surface area contributed by atoms with Crippen molar-refractivity contribution in [3.63, 3.8) is 0 Å². The number of hydrogen-bond donors (Lipinski definition) is 0. The van der Waals surface area contributed by atoms with Crippen LogP contribution in [0.1, 0.15) is 128 Å². The van der Waals surface area contributed by atoms with E-state index in [2.05, 4.69) is 47.0 Å². The molecular formula is C31H54OS4. The first-order valence-electron chi connectivity index (χ1n) is 15.8. The Balaban J connectivity index is 1.36. The van der Waals surface area contributed by atoms with E-state index in [4.69, 9.17) is 0 Å². The van der Waals surface area contributed by atoms with Gasteiger partial charge in [0, 0.05) is 55.8 Å². The second-order valence-corrected chi connectivity index (χ2v) is 17.5. The predicted octanol–water partition coefficient (Wildman–Crippen LogP) is 10.1. The highest BCUT2D eigenvalue weighted by atomic mass is 32.2. The molecule has 0 aliphatic heterocycles. The Bertz CT molecular complexity index is 495. The molecule has 4 fully saturated rings. The first-order chi connectivity index (χ1) is 17.8. The van der Waals surface area contributed by atoms with Gasteiger partial charge >= 0.3 is 0 Å². The fourth-order valence-corrected chi connectivity index (χ4v) is 12.8. The third-order valence-electron chi connectivity index (χ3n) is 9.15. The van der Waals surface area contributed by atoms with Crippen molar-refractivity contribution in [1.82, 2.24) is 0 Å². The molecule has 0 amide bonds. The van der Waals surface area contributed by atoms with Crippen molar-refractivity contribution in [3.8, 4) is 0 Å². The number of carbonyl (C=O) groups is 1. The lowest BCUT2D eigenvalue weighted by Gasteiger charge is -2.30. The minimum absolute atomic E-state index is 0.285. The summed E-state index contributed by atoms with van der Waals surface area (Å²) >= 11 is 8.73. The summed E-state index contributed by atoms with van der Waals surface area (Å²) in [5.74, 6) is 5.63. The van der Waals surface area contributed by atoms with Crippen LogP contribution in [0.25, 0.3) is 0 Å². The molecule has 0 bridgehead atoms. The maximum Gasteiger partial charge on any atom is 0.142 e. The average Bonchev–Trinajstić information content (AvgIpc) is 2.95. The first kappa shape index (κ1) is 30.0. The highest BCUT2D eigenvalue weighted by molar-refractivity contribution is 8.01. The van der Waals surface area contributed by atoms with Crippen molar-refractivity contribution in [2.45, 2.75) is 149 Å². The molecule has 208 valence electrons. The molecule has 0 N–H and O–H groups in total. The van der Waals surface area contributed by atoms with E-state index in [0.717, 1.165) is 44.0 Å². The van der Waals surface area contributed by atoms with E-state index < -0.39 is 0 Å². The van der Waals surface area contributed by atoms with E-state index in [1.807, 2.05) is 0 Å². The summed E-state index contributed by atoms with van der Waals surface area (Å²) in [6, 6.07) is 0. The third kappa shape index (κ3) is 10.9. The Labute approximate surface area is 240 Å². The van der Waals surface area contributed by atoms with Crippen molar-refractivity contribution in [2.24, 2.45) is 11.8 Å². The van der Waals surface area contributed by atoms with Crippen LogP contribution in [-0.2, 0) is 4.79 Å². The smallest absolute Gasteiger partial charge is 0.142 e. The minimum Gasteiger partial charge on any atom is -0.299 e. The maximum absolute atomic E-state index is 14.3. The summed E-state index contributed by atoms with van der Waals surface area (Å²) in [5.41, 5.74) is 0. The Morgan fingerprint density at radius 2 is 0.639 bits per heavy atom. The number of thioether (sulfide) groups is 4. The molecule has 4 saturated carbocycles. The largest absolute Gasteiger partial charge is 0.299 e. The Kier molecular flexibility index (Phi) is 14.8. The van der Waals surface area contributed by atoms with Gasteiger partial charge < -0.3 is 0 Å². The topological polar surface area (TPSA) is 17.1 Å². The second-order valence-electron chi connectivity index (χ2n) is 12.2. The van der Waals surface area contributed by atoms with E-state index >= 15 is 0 Å². The fraction of sp³-hybridized carbons (Fsp3) is 0.968. The number of carbonyl (C=O) groups excluding carboxylic acids is 1. The fourth-order valence-electron chi connectivity index (χ4n) is 6.69. The molecular weight excluding hydrogens is 517 g/mol. The molecule has 0 unspecified atom stereocenters. The lowest BCUT2D eigenvalue weighted by Crippen LogP contribution is -2.33. The molecule has 4 aliphatic carbocycles. The zero-order chi connectivity index (χ0) is 24.8. The lowest BCUT2D eigenvalue weighted by molar-refractivity contribution is -0.124. The van der Waals surface area contributed by atoms with Crippen LogP contribution in [0, 0.1) is 11.8 Å². The van der Waals surface area contributed by atoms with Gasteiger partial charge in [0.15, 0.2) is 0 Å². The van der Waals surface area contributed by atoms with Crippen LogP contribution in [0.4, 0.5) is 0 Å². The molecule has 1 nitrogen and oxygen atoms in total. The van der Waals surface area contributed by atoms with Crippen LogP contribution in [0.2, 0.25) is 0 Å². The summed E-state index contributed by atoms with van der Waals surface area (Å²) in [4.78, 5) is 14.3. The number of hydrogen-bond acceptors (Lipinski definition) is 5. The van der Waals surface area contributed by atoms with Gasteiger partial charge in [-0.2, -0.15) is 47.0 Å². The normalized spacial score (nSPS) is 24.1. The van der Waals surface area contributed by atoms with Crippen LogP contribution >= 0.6 is 47.0 Å². The van der Waals surface area contributed by atoms with E-state index in [1.165, 1.54) is 128 Å². The van der Waals surface area contributed by atoms with Gasteiger partial charge in [0.1, 0.15) is 5.78 Å². The van der Waals surface area contributed by atoms with Crippen LogP contribution < -0.4 is 0 Å². The quantitative estimate of drug-likeness (QED) is 0.206. The zero-order valence-corrected chi connectivity index (χ0v) is 26.2. The summed E-state index contributed by atoms with van der Waals surface area (Å²) in [6.07, 6.45) is 28.1. The zero-order valence-electron chi connectivity index (χ0n) is 23.0. The van der Waals surface area contributed by atoms with E-state index in [0.29, 0.717) is 5.78 Å². The Morgan fingerprint density at radius 1 is 0.417 bits per heavy atom. The Hall–Kier alpha value is 1.07. The summed E-state index contributed by atoms with van der Waals surface area (Å²) in [7, 11) is 0. The predicted molar refractivity (Wildman–Crippen MR) is 169 cm³/mol. The average molecular weight is 571 g/mol. The van der Waals surface area contributed by atoms with E-state index in [-0.39, 0.29) is 11.8 Å². The van der Waals surface area contributed by atoms with Crippen molar-refractivity contribution >= 4 is 52.8 Å². The number of Topliss-reactive ketones (excluding diaryl/α,β-unsaturated/α-hetero) is 1. The number of ketones is 1. The molecule has 0 aromatic rings. The van der Waals surface area contributed by atoms with E-state index in [9.17, 15) is 4.79 Å². The van der Waals surface area contributed by atoms with Crippen LogP contribution in [-0.4, -0.2) is 49.8 Å². The first-order valence-corrected chi connectivity index (χ1v) is 20.0. The van der Waals surface area contributed by atoms with Gasteiger partial charge in [-0.3, -0.25) is 4.79 Å². The third-order valence-corrected chi connectivity index (χ3v) is 15.3. The molecule has 0 aromatic heterocycles. The molecule has 0 spiro atoms. The van der Waals surface area contributed by atoms with Gasteiger partial charge in [-0.25, -0.2) is 0 Å². The molecule has 0 atom stereocenters. The second kappa shape index (κ2) is 17.7. The minimum atomic E-state index is 0.285. The highest BCUT2D eigenvalue weighted by Crippen LogP contribution is 2.37. The van der Waals surface area contributed by atoms with Gasteiger partial charge in [-0.05, 0) is 51.4 Å². The molecule has 0 radical (unpaired) electrons. The summed E-state index contributed by atoms with van der Waals surface area (Å²) in [6.45, 7) is 0. The molecule has 0 heterocycles.